The quantitative estimate of drug-likeness (QED) is 0.0274. The summed E-state index contributed by atoms with van der Waals surface area (Å²) in [6, 6.07) is 0. The second-order valence-corrected chi connectivity index (χ2v) is 14.5. The van der Waals surface area contributed by atoms with Crippen LogP contribution in [-0.2, 0) is 24.0 Å². The molecule has 0 aliphatic heterocycles. The Balaban J connectivity index is 5.01. The molecule has 0 aliphatic rings. The molecule has 0 aromatic carbocycles. The lowest BCUT2D eigenvalue weighted by atomic mass is 9.64. The summed E-state index contributed by atoms with van der Waals surface area (Å²) in [4.78, 5) is 65.3. The van der Waals surface area contributed by atoms with Crippen molar-refractivity contribution in [1.82, 2.24) is 0 Å². The maximum Gasteiger partial charge on any atom is 0.326 e. The van der Waals surface area contributed by atoms with E-state index in [1.54, 1.807) is 0 Å². The Morgan fingerprint density at radius 1 is 0.500 bits per heavy atom. The normalized spacial score (nSPS) is 13.2. The molecule has 300 valence electrons. The largest absolute Gasteiger partial charge is 0.481 e. The fourth-order valence-corrected chi connectivity index (χ4v) is 6.75. The van der Waals surface area contributed by atoms with Crippen molar-refractivity contribution in [2.75, 3.05) is 6.61 Å². The summed E-state index contributed by atoms with van der Waals surface area (Å²) in [5.41, 5.74) is -3.17. The average Bonchev–Trinajstić information content (AvgIpc) is 3.12. The van der Waals surface area contributed by atoms with E-state index in [0.717, 1.165) is 64.2 Å². The van der Waals surface area contributed by atoms with Crippen LogP contribution in [0.25, 0.3) is 0 Å². The summed E-state index contributed by atoms with van der Waals surface area (Å²) in [6.45, 7) is 3.26. The van der Waals surface area contributed by atoms with Crippen molar-refractivity contribution in [2.45, 2.75) is 200 Å². The number of Topliss-reactive ketones (excluding diaryl/α,β-unsaturated/α-hetero) is 3. The Morgan fingerprint density at radius 2 is 0.808 bits per heavy atom. The zero-order valence-electron chi connectivity index (χ0n) is 32.8. The van der Waals surface area contributed by atoms with Gasteiger partial charge in [0.1, 0.15) is 12.0 Å². The second kappa shape index (κ2) is 33.0. The maximum atomic E-state index is 13.6. The van der Waals surface area contributed by atoms with E-state index in [1.807, 2.05) is 0 Å². The van der Waals surface area contributed by atoms with Crippen LogP contribution in [-0.4, -0.2) is 62.4 Å². The van der Waals surface area contributed by atoms with Gasteiger partial charge in [-0.1, -0.05) is 141 Å². The Labute approximate surface area is 315 Å². The Bertz CT molecular complexity index is 980. The summed E-state index contributed by atoms with van der Waals surface area (Å²) in [7, 11) is 0. The van der Waals surface area contributed by atoms with Crippen LogP contribution >= 0.6 is 0 Å². The fourth-order valence-electron chi connectivity index (χ4n) is 6.75. The molecule has 52 heavy (non-hydrogen) atoms. The minimum Gasteiger partial charge on any atom is -0.481 e. The summed E-state index contributed by atoms with van der Waals surface area (Å²) in [6.07, 6.45) is 32.2. The molecule has 9 nitrogen and oxygen atoms in total. The summed E-state index contributed by atoms with van der Waals surface area (Å²) < 4.78 is 0. The first-order valence-corrected chi connectivity index (χ1v) is 20.8. The summed E-state index contributed by atoms with van der Waals surface area (Å²) in [5, 5.41) is 39.6. The molecule has 0 amide bonds. The number of carboxylic acids is 2. The third-order valence-corrected chi connectivity index (χ3v) is 10.0. The highest BCUT2D eigenvalue weighted by Crippen LogP contribution is 2.37. The van der Waals surface area contributed by atoms with Gasteiger partial charge >= 0.3 is 11.9 Å². The number of carboxylic acid groups (broad SMARTS) is 2. The van der Waals surface area contributed by atoms with Crippen molar-refractivity contribution < 1.29 is 44.4 Å². The average molecular weight is 735 g/mol. The molecule has 0 spiro atoms. The molecular formula is C43H74O9. The molecule has 2 atom stereocenters. The molecule has 0 heterocycles. The Kier molecular flexibility index (Phi) is 31.3. The minimum absolute atomic E-state index is 0.242. The smallest absolute Gasteiger partial charge is 0.326 e. The standard InChI is InChI=1S/C43H74O9/c1-3-5-7-9-11-13-15-17-19-21-23-25-27-29-31-33-37(46)43(42(51)52,39(41(49)50)40(48)36(45)35-44)38(47)34-32-30-28-26-24-22-20-18-16-14-12-10-8-6-4-2/h17-20,36,39,44-45H,3-16,21-35H2,1-2H3,(H,49,50)(H,51,52)/b19-17-,20-18-. The molecule has 0 bridgehead atoms. The first kappa shape index (κ1) is 49.4. The van der Waals surface area contributed by atoms with Gasteiger partial charge in [-0.05, 0) is 64.2 Å². The summed E-state index contributed by atoms with van der Waals surface area (Å²) in [5.74, 6) is -10.5. The van der Waals surface area contributed by atoms with Crippen LogP contribution in [0.2, 0.25) is 0 Å². The molecule has 9 heteroatoms. The molecule has 4 N–H and O–H groups in total. The highest BCUT2D eigenvalue weighted by atomic mass is 16.4. The molecule has 0 rings (SSSR count). The van der Waals surface area contributed by atoms with Gasteiger partial charge in [0.15, 0.2) is 17.3 Å². The molecule has 0 aromatic rings. The number of aliphatic hydroxyl groups excluding tert-OH is 2. The first-order valence-electron chi connectivity index (χ1n) is 20.8. The third-order valence-electron chi connectivity index (χ3n) is 10.0. The highest BCUT2D eigenvalue weighted by Gasteiger charge is 2.63. The van der Waals surface area contributed by atoms with Crippen LogP contribution in [0.5, 0.6) is 0 Å². The van der Waals surface area contributed by atoms with Crippen molar-refractivity contribution in [3.05, 3.63) is 24.3 Å². The van der Waals surface area contributed by atoms with E-state index in [2.05, 4.69) is 38.2 Å². The van der Waals surface area contributed by atoms with E-state index < -0.39 is 53.3 Å². The number of aliphatic carboxylic acids is 2. The van der Waals surface area contributed by atoms with Gasteiger partial charge in [0.2, 0.25) is 5.41 Å². The number of ketones is 3. The number of rotatable bonds is 38. The van der Waals surface area contributed by atoms with Crippen molar-refractivity contribution in [3.63, 3.8) is 0 Å². The lowest BCUT2D eigenvalue weighted by Crippen LogP contribution is -2.58. The number of hydrogen-bond donors (Lipinski definition) is 4. The molecule has 0 fully saturated rings. The van der Waals surface area contributed by atoms with Gasteiger partial charge in [-0.25, -0.2) is 0 Å². The van der Waals surface area contributed by atoms with E-state index in [4.69, 9.17) is 0 Å². The van der Waals surface area contributed by atoms with Crippen molar-refractivity contribution >= 4 is 29.3 Å². The van der Waals surface area contributed by atoms with Crippen LogP contribution in [0.1, 0.15) is 194 Å². The lowest BCUT2D eigenvalue weighted by Gasteiger charge is -2.32. The molecular weight excluding hydrogens is 660 g/mol. The van der Waals surface area contributed by atoms with Crippen LogP contribution in [0.4, 0.5) is 0 Å². The van der Waals surface area contributed by atoms with Crippen LogP contribution in [0.3, 0.4) is 0 Å². The zero-order valence-corrected chi connectivity index (χ0v) is 32.8. The minimum atomic E-state index is -3.17. The van der Waals surface area contributed by atoms with Gasteiger partial charge in [0.05, 0.1) is 6.61 Å². The van der Waals surface area contributed by atoms with Crippen molar-refractivity contribution in [3.8, 4) is 0 Å². The highest BCUT2D eigenvalue weighted by molar-refractivity contribution is 6.28. The van der Waals surface area contributed by atoms with Gasteiger partial charge in [-0.15, -0.1) is 0 Å². The molecule has 0 saturated heterocycles. The maximum absolute atomic E-state index is 13.6. The number of hydrogen-bond acceptors (Lipinski definition) is 7. The van der Waals surface area contributed by atoms with Gasteiger partial charge in [-0.2, -0.15) is 0 Å². The van der Waals surface area contributed by atoms with Gasteiger partial charge < -0.3 is 20.4 Å². The predicted molar refractivity (Wildman–Crippen MR) is 208 cm³/mol. The monoisotopic (exact) mass is 735 g/mol. The molecule has 0 saturated carbocycles. The number of allylic oxidation sites excluding steroid dienone is 4. The van der Waals surface area contributed by atoms with Crippen LogP contribution < -0.4 is 0 Å². The van der Waals surface area contributed by atoms with E-state index in [0.29, 0.717) is 12.8 Å². The van der Waals surface area contributed by atoms with Gasteiger partial charge in [0, 0.05) is 12.8 Å². The van der Waals surface area contributed by atoms with Crippen molar-refractivity contribution in [1.29, 1.82) is 0 Å². The van der Waals surface area contributed by atoms with E-state index in [9.17, 15) is 44.4 Å². The Morgan fingerprint density at radius 3 is 1.10 bits per heavy atom. The summed E-state index contributed by atoms with van der Waals surface area (Å²) >= 11 is 0. The zero-order chi connectivity index (χ0) is 38.9. The van der Waals surface area contributed by atoms with Crippen LogP contribution in [0, 0.1) is 11.3 Å². The van der Waals surface area contributed by atoms with E-state index in [-0.39, 0.29) is 25.7 Å². The lowest BCUT2D eigenvalue weighted by molar-refractivity contribution is -0.176. The third kappa shape index (κ3) is 21.2. The van der Waals surface area contributed by atoms with E-state index >= 15 is 0 Å². The number of unbranched alkanes of at least 4 members (excludes halogenated alkanes) is 22. The molecule has 0 aromatic heterocycles. The number of aliphatic hydroxyl groups is 2. The van der Waals surface area contributed by atoms with Gasteiger partial charge in [0.25, 0.3) is 0 Å². The first-order chi connectivity index (χ1) is 25.1. The van der Waals surface area contributed by atoms with Gasteiger partial charge in [-0.3, -0.25) is 24.0 Å². The molecule has 0 aliphatic carbocycles. The molecule has 0 radical (unpaired) electrons. The number of carbonyl (C=O) groups excluding carboxylic acids is 3. The molecule has 2 unspecified atom stereocenters. The predicted octanol–water partition coefficient (Wildman–Crippen LogP) is 9.89. The topological polar surface area (TPSA) is 166 Å². The Hall–Kier alpha value is -2.65. The van der Waals surface area contributed by atoms with E-state index in [1.165, 1.54) is 77.0 Å². The second-order valence-electron chi connectivity index (χ2n) is 14.5. The van der Waals surface area contributed by atoms with Crippen molar-refractivity contribution in [2.24, 2.45) is 11.3 Å². The SMILES string of the molecule is CCCCCCCC/C=C\CCCCCCCC(=O)C(C(=O)O)(C(=O)CCCCCCC/C=C\CCCCCCCC)C(C(=O)O)C(=O)C(O)CO. The van der Waals surface area contributed by atoms with Crippen LogP contribution in [0.15, 0.2) is 24.3 Å². The fraction of sp³-hybridized carbons (Fsp3) is 0.791. The number of carbonyl (C=O) groups is 5.